The fraction of sp³-hybridized carbons (Fsp3) is 0.941. The highest BCUT2D eigenvalue weighted by Gasteiger charge is 2.38. The summed E-state index contributed by atoms with van der Waals surface area (Å²) in [5, 5.41) is 9.36. The van der Waals surface area contributed by atoms with Crippen LogP contribution in [-0.4, -0.2) is 35.1 Å². The molecule has 0 radical (unpaired) electrons. The van der Waals surface area contributed by atoms with Crippen molar-refractivity contribution in [1.29, 1.82) is 0 Å². The van der Waals surface area contributed by atoms with Gasteiger partial charge in [0.1, 0.15) is 0 Å². The van der Waals surface area contributed by atoms with Crippen molar-refractivity contribution in [3.63, 3.8) is 0 Å². The average Bonchev–Trinajstić information content (AvgIpc) is 2.20. The largest absolute Gasteiger partial charge is 0.389 e. The maximum atomic E-state index is 12.5. The van der Waals surface area contributed by atoms with Crippen LogP contribution in [0.25, 0.3) is 0 Å². The lowest BCUT2D eigenvalue weighted by Crippen LogP contribution is -2.56. The molecule has 1 fully saturated rings. The maximum absolute atomic E-state index is 12.5. The lowest BCUT2D eigenvalue weighted by atomic mass is 9.76. The van der Waals surface area contributed by atoms with Crippen LogP contribution in [0.1, 0.15) is 67.2 Å². The number of aliphatic hydroxyl groups excluding tert-OH is 1. The smallest absolute Gasteiger partial charge is 0.226 e. The fourth-order valence-corrected chi connectivity index (χ4v) is 2.79. The second-order valence-corrected chi connectivity index (χ2v) is 8.62. The minimum Gasteiger partial charge on any atom is -0.389 e. The Morgan fingerprint density at radius 3 is 2.10 bits per heavy atom. The van der Waals surface area contributed by atoms with Gasteiger partial charge in [0.15, 0.2) is 0 Å². The minimum absolute atomic E-state index is 0.000637. The highest BCUT2D eigenvalue weighted by Crippen LogP contribution is 2.34. The summed E-state index contributed by atoms with van der Waals surface area (Å²) in [5.41, 5.74) is 0.377. The number of hydrogen-bond donors (Lipinski definition) is 1. The lowest BCUT2D eigenvalue weighted by Gasteiger charge is -2.41. The van der Waals surface area contributed by atoms with Gasteiger partial charge in [0.25, 0.3) is 0 Å². The molecule has 1 unspecified atom stereocenters. The van der Waals surface area contributed by atoms with Crippen molar-refractivity contribution in [2.24, 2.45) is 16.7 Å². The number of carbonyl (C=O) groups excluding carboxylic acids is 1. The molecule has 0 spiro atoms. The SMILES string of the molecule is CC(C)(C)CCCCC(C(=O)N1CC(O)C1)C(C)(C)C. The quantitative estimate of drug-likeness (QED) is 0.785. The number of amides is 1. The van der Waals surface area contributed by atoms with E-state index in [-0.39, 0.29) is 23.3 Å². The van der Waals surface area contributed by atoms with Crippen LogP contribution in [0, 0.1) is 16.7 Å². The number of nitrogens with zero attached hydrogens (tertiary/aromatic N) is 1. The van der Waals surface area contributed by atoms with Gasteiger partial charge in [0.2, 0.25) is 5.91 Å². The molecule has 0 saturated carbocycles. The Hall–Kier alpha value is -0.570. The zero-order chi connectivity index (χ0) is 15.6. The number of rotatable bonds is 5. The molecule has 118 valence electrons. The van der Waals surface area contributed by atoms with E-state index in [1.165, 1.54) is 12.8 Å². The number of carbonyl (C=O) groups is 1. The van der Waals surface area contributed by atoms with E-state index >= 15 is 0 Å². The van der Waals surface area contributed by atoms with Crippen LogP contribution in [-0.2, 0) is 4.79 Å². The Morgan fingerprint density at radius 1 is 1.15 bits per heavy atom. The predicted molar refractivity (Wildman–Crippen MR) is 83.5 cm³/mol. The van der Waals surface area contributed by atoms with Gasteiger partial charge in [0.05, 0.1) is 6.10 Å². The Morgan fingerprint density at radius 2 is 1.70 bits per heavy atom. The van der Waals surface area contributed by atoms with Crippen LogP contribution in [0.2, 0.25) is 0 Å². The summed E-state index contributed by atoms with van der Waals surface area (Å²) in [6, 6.07) is 0. The Balaban J connectivity index is 2.47. The summed E-state index contributed by atoms with van der Waals surface area (Å²) in [5.74, 6) is 0.313. The first-order valence-electron chi connectivity index (χ1n) is 7.97. The van der Waals surface area contributed by atoms with E-state index in [9.17, 15) is 9.90 Å². The summed E-state index contributed by atoms with van der Waals surface area (Å²) in [6.07, 6.45) is 4.17. The average molecular weight is 283 g/mol. The highest BCUT2D eigenvalue weighted by atomic mass is 16.3. The first-order valence-corrected chi connectivity index (χ1v) is 7.97. The van der Waals surface area contributed by atoms with Crippen molar-refractivity contribution in [2.75, 3.05) is 13.1 Å². The third kappa shape index (κ3) is 5.43. The van der Waals surface area contributed by atoms with Crippen molar-refractivity contribution < 1.29 is 9.90 Å². The van der Waals surface area contributed by atoms with Gasteiger partial charge in [-0.1, -0.05) is 54.4 Å². The van der Waals surface area contributed by atoms with E-state index in [2.05, 4.69) is 41.5 Å². The molecular formula is C17H33NO2. The van der Waals surface area contributed by atoms with E-state index in [4.69, 9.17) is 0 Å². The molecule has 1 atom stereocenters. The van der Waals surface area contributed by atoms with Crippen LogP contribution in [0.5, 0.6) is 0 Å². The monoisotopic (exact) mass is 283 g/mol. The van der Waals surface area contributed by atoms with E-state index < -0.39 is 0 Å². The van der Waals surface area contributed by atoms with Gasteiger partial charge in [-0.3, -0.25) is 4.79 Å². The highest BCUT2D eigenvalue weighted by molar-refractivity contribution is 5.80. The molecule has 1 rings (SSSR count). The fourth-order valence-electron chi connectivity index (χ4n) is 2.79. The molecule has 1 aliphatic rings. The molecular weight excluding hydrogens is 250 g/mol. The number of likely N-dealkylation sites (tertiary alicyclic amines) is 1. The summed E-state index contributed by atoms with van der Waals surface area (Å²) in [4.78, 5) is 14.3. The molecule has 0 aromatic carbocycles. The Kier molecular flexibility index (Phi) is 5.65. The Labute approximate surface area is 124 Å². The molecule has 20 heavy (non-hydrogen) atoms. The van der Waals surface area contributed by atoms with Crippen molar-refractivity contribution in [1.82, 2.24) is 4.90 Å². The molecule has 1 amide bonds. The van der Waals surface area contributed by atoms with Crippen LogP contribution in [0.4, 0.5) is 0 Å². The number of β-amino-alcohol motifs (C(OH)–C–C–N with tert-alkyl or cyclic N) is 1. The normalized spacial score (nSPS) is 18.9. The summed E-state index contributed by atoms with van der Waals surface area (Å²) in [7, 11) is 0. The second kappa shape index (κ2) is 6.46. The van der Waals surface area contributed by atoms with Crippen molar-refractivity contribution >= 4 is 5.91 Å². The molecule has 0 aromatic rings. The number of hydrogen-bond acceptors (Lipinski definition) is 2. The molecule has 3 heteroatoms. The van der Waals surface area contributed by atoms with Crippen molar-refractivity contribution in [3.05, 3.63) is 0 Å². The van der Waals surface area contributed by atoms with E-state index in [0.29, 0.717) is 18.5 Å². The van der Waals surface area contributed by atoms with E-state index in [0.717, 1.165) is 12.8 Å². The van der Waals surface area contributed by atoms with E-state index in [1.54, 1.807) is 0 Å². The topological polar surface area (TPSA) is 40.5 Å². The molecule has 1 saturated heterocycles. The Bertz CT molecular complexity index is 319. The van der Waals surface area contributed by atoms with E-state index in [1.807, 2.05) is 4.90 Å². The molecule has 0 aromatic heterocycles. The van der Waals surface area contributed by atoms with Gasteiger partial charge in [-0.2, -0.15) is 0 Å². The van der Waals surface area contributed by atoms with Crippen LogP contribution < -0.4 is 0 Å². The number of unbranched alkanes of at least 4 members (excludes halogenated alkanes) is 1. The van der Waals surface area contributed by atoms with Gasteiger partial charge in [-0.05, 0) is 23.7 Å². The first-order chi connectivity index (χ1) is 9.00. The van der Waals surface area contributed by atoms with Gasteiger partial charge in [-0.15, -0.1) is 0 Å². The molecule has 1 heterocycles. The molecule has 0 aliphatic carbocycles. The standard InChI is InChI=1S/C17H33NO2/c1-16(2,3)10-8-7-9-14(17(4,5)6)15(20)18-11-13(19)12-18/h13-14,19H,7-12H2,1-6H3. The van der Waals surface area contributed by atoms with Crippen molar-refractivity contribution in [2.45, 2.75) is 73.3 Å². The number of aliphatic hydroxyl groups is 1. The maximum Gasteiger partial charge on any atom is 0.226 e. The van der Waals surface area contributed by atoms with Crippen LogP contribution in [0.3, 0.4) is 0 Å². The van der Waals surface area contributed by atoms with Gasteiger partial charge in [0, 0.05) is 19.0 Å². The van der Waals surface area contributed by atoms with Crippen LogP contribution >= 0.6 is 0 Å². The summed E-state index contributed by atoms with van der Waals surface area (Å²) in [6.45, 7) is 14.3. The van der Waals surface area contributed by atoms with Gasteiger partial charge in [-0.25, -0.2) is 0 Å². The zero-order valence-corrected chi connectivity index (χ0v) is 14.2. The summed E-state index contributed by atoms with van der Waals surface area (Å²) >= 11 is 0. The molecule has 1 aliphatic heterocycles. The second-order valence-electron chi connectivity index (χ2n) is 8.62. The van der Waals surface area contributed by atoms with Crippen molar-refractivity contribution in [3.8, 4) is 0 Å². The lowest BCUT2D eigenvalue weighted by molar-refractivity contribution is -0.149. The van der Waals surface area contributed by atoms with Gasteiger partial charge < -0.3 is 10.0 Å². The molecule has 0 bridgehead atoms. The predicted octanol–water partition coefficient (Wildman–Crippen LogP) is 3.46. The minimum atomic E-state index is -0.305. The molecule has 1 N–H and O–H groups in total. The third-order valence-electron chi connectivity index (χ3n) is 4.19. The zero-order valence-electron chi connectivity index (χ0n) is 14.2. The molecule has 3 nitrogen and oxygen atoms in total. The first kappa shape index (κ1) is 17.5. The van der Waals surface area contributed by atoms with Crippen LogP contribution in [0.15, 0.2) is 0 Å². The van der Waals surface area contributed by atoms with Gasteiger partial charge >= 0.3 is 0 Å². The summed E-state index contributed by atoms with van der Waals surface area (Å²) < 4.78 is 0. The third-order valence-corrected chi connectivity index (χ3v) is 4.19.